The summed E-state index contributed by atoms with van der Waals surface area (Å²) in [5.74, 6) is 0. The maximum atomic E-state index is 5.70. The summed E-state index contributed by atoms with van der Waals surface area (Å²) in [6, 6.07) is 10.8. The van der Waals surface area contributed by atoms with Gasteiger partial charge in [-0.3, -0.25) is 4.90 Å². The van der Waals surface area contributed by atoms with Gasteiger partial charge in [-0.05, 0) is 38.0 Å². The van der Waals surface area contributed by atoms with Crippen LogP contribution in [0.25, 0.3) is 0 Å². The lowest BCUT2D eigenvalue weighted by atomic mass is 10.1. The van der Waals surface area contributed by atoms with Crippen LogP contribution < -0.4 is 5.73 Å². The molecule has 0 aromatic heterocycles. The van der Waals surface area contributed by atoms with E-state index in [9.17, 15) is 0 Å². The molecule has 0 aliphatic rings. The Morgan fingerprint density at radius 3 is 1.83 bits per heavy atom. The summed E-state index contributed by atoms with van der Waals surface area (Å²) in [6.07, 6.45) is 15.2. The molecule has 138 valence electrons. The molecule has 24 heavy (non-hydrogen) atoms. The van der Waals surface area contributed by atoms with Crippen LogP contribution in [0.5, 0.6) is 0 Å². The van der Waals surface area contributed by atoms with Gasteiger partial charge in [-0.25, -0.2) is 0 Å². The summed E-state index contributed by atoms with van der Waals surface area (Å²) in [4.78, 5) is 2.58. The fourth-order valence-electron chi connectivity index (χ4n) is 3.25. The third kappa shape index (κ3) is 11.6. The molecule has 0 saturated heterocycles. The predicted octanol–water partition coefficient (Wildman–Crippen LogP) is 5.76. The van der Waals surface area contributed by atoms with Crippen molar-refractivity contribution in [3.8, 4) is 0 Å². The van der Waals surface area contributed by atoms with E-state index in [1.54, 1.807) is 0 Å². The first kappa shape index (κ1) is 21.2. The third-order valence-electron chi connectivity index (χ3n) is 4.76. The van der Waals surface area contributed by atoms with Gasteiger partial charge in [0.1, 0.15) is 0 Å². The Labute approximate surface area is 150 Å². The van der Waals surface area contributed by atoms with E-state index in [1.165, 1.54) is 76.3 Å². The SMILES string of the molecule is CCCCCCCCCCCCN(CCCN)Cc1ccccc1. The van der Waals surface area contributed by atoms with Crippen LogP contribution in [0.15, 0.2) is 30.3 Å². The Hall–Kier alpha value is -0.860. The molecule has 0 bridgehead atoms. The second-order valence-corrected chi connectivity index (χ2v) is 7.09. The minimum absolute atomic E-state index is 0.795. The number of nitrogens with two attached hydrogens (primary N) is 1. The van der Waals surface area contributed by atoms with Crippen molar-refractivity contribution in [3.63, 3.8) is 0 Å². The molecule has 0 saturated carbocycles. The first-order chi connectivity index (χ1) is 11.9. The quantitative estimate of drug-likeness (QED) is 0.390. The van der Waals surface area contributed by atoms with Gasteiger partial charge in [-0.15, -0.1) is 0 Å². The first-order valence-corrected chi connectivity index (χ1v) is 10.3. The number of unbranched alkanes of at least 4 members (excludes halogenated alkanes) is 9. The van der Waals surface area contributed by atoms with Crippen LogP contribution in [-0.4, -0.2) is 24.5 Å². The molecule has 2 nitrogen and oxygen atoms in total. The number of hydrogen-bond donors (Lipinski definition) is 1. The van der Waals surface area contributed by atoms with Gasteiger partial charge in [0.05, 0.1) is 0 Å². The second kappa shape index (κ2) is 15.7. The maximum Gasteiger partial charge on any atom is 0.0233 e. The van der Waals surface area contributed by atoms with E-state index in [0.29, 0.717) is 0 Å². The van der Waals surface area contributed by atoms with E-state index >= 15 is 0 Å². The highest BCUT2D eigenvalue weighted by atomic mass is 15.1. The third-order valence-corrected chi connectivity index (χ3v) is 4.76. The van der Waals surface area contributed by atoms with Crippen LogP contribution in [0.1, 0.15) is 83.1 Å². The van der Waals surface area contributed by atoms with Gasteiger partial charge in [-0.2, -0.15) is 0 Å². The molecular weight excluding hydrogens is 292 g/mol. The topological polar surface area (TPSA) is 29.3 Å². The van der Waals surface area contributed by atoms with Crippen LogP contribution >= 0.6 is 0 Å². The van der Waals surface area contributed by atoms with E-state index in [2.05, 4.69) is 42.2 Å². The van der Waals surface area contributed by atoms with Gasteiger partial charge >= 0.3 is 0 Å². The van der Waals surface area contributed by atoms with E-state index in [4.69, 9.17) is 5.73 Å². The molecule has 0 heterocycles. The Morgan fingerprint density at radius 2 is 1.25 bits per heavy atom. The summed E-state index contributed by atoms with van der Waals surface area (Å²) < 4.78 is 0. The van der Waals surface area contributed by atoms with Crippen molar-refractivity contribution in [1.82, 2.24) is 4.90 Å². The lowest BCUT2D eigenvalue weighted by Gasteiger charge is -2.22. The molecule has 1 aromatic rings. The normalized spacial score (nSPS) is 11.3. The zero-order valence-corrected chi connectivity index (χ0v) is 16.0. The van der Waals surface area contributed by atoms with Gasteiger partial charge < -0.3 is 5.73 Å². The van der Waals surface area contributed by atoms with Crippen molar-refractivity contribution >= 4 is 0 Å². The molecule has 0 aliphatic carbocycles. The monoisotopic (exact) mass is 332 g/mol. The van der Waals surface area contributed by atoms with E-state index in [0.717, 1.165) is 26.1 Å². The van der Waals surface area contributed by atoms with Crippen molar-refractivity contribution in [2.45, 2.75) is 84.1 Å². The molecule has 0 atom stereocenters. The number of hydrogen-bond acceptors (Lipinski definition) is 2. The van der Waals surface area contributed by atoms with E-state index in [-0.39, 0.29) is 0 Å². The molecule has 0 unspecified atom stereocenters. The average Bonchev–Trinajstić information content (AvgIpc) is 2.62. The molecular formula is C22H40N2. The smallest absolute Gasteiger partial charge is 0.0233 e. The van der Waals surface area contributed by atoms with Gasteiger partial charge in [0, 0.05) is 6.54 Å². The lowest BCUT2D eigenvalue weighted by Crippen LogP contribution is -2.27. The van der Waals surface area contributed by atoms with Crippen molar-refractivity contribution in [1.29, 1.82) is 0 Å². The molecule has 2 N–H and O–H groups in total. The Kier molecular flexibility index (Phi) is 13.8. The first-order valence-electron chi connectivity index (χ1n) is 10.3. The van der Waals surface area contributed by atoms with Gasteiger partial charge in [0.2, 0.25) is 0 Å². The second-order valence-electron chi connectivity index (χ2n) is 7.09. The van der Waals surface area contributed by atoms with Crippen molar-refractivity contribution < 1.29 is 0 Å². The van der Waals surface area contributed by atoms with Crippen molar-refractivity contribution in [2.24, 2.45) is 5.73 Å². The van der Waals surface area contributed by atoms with E-state index < -0.39 is 0 Å². The highest BCUT2D eigenvalue weighted by molar-refractivity contribution is 5.14. The number of nitrogens with zero attached hydrogens (tertiary/aromatic N) is 1. The molecule has 1 aromatic carbocycles. The summed E-state index contributed by atoms with van der Waals surface area (Å²) in [7, 11) is 0. The van der Waals surface area contributed by atoms with Gasteiger partial charge in [-0.1, -0.05) is 95.0 Å². The van der Waals surface area contributed by atoms with Gasteiger partial charge in [0.15, 0.2) is 0 Å². The largest absolute Gasteiger partial charge is 0.330 e. The summed E-state index contributed by atoms with van der Waals surface area (Å²) in [5, 5.41) is 0. The zero-order valence-electron chi connectivity index (χ0n) is 16.0. The molecule has 0 fully saturated rings. The molecule has 0 aliphatic heterocycles. The highest BCUT2D eigenvalue weighted by Crippen LogP contribution is 2.12. The predicted molar refractivity (Wildman–Crippen MR) is 107 cm³/mol. The zero-order chi connectivity index (χ0) is 17.3. The summed E-state index contributed by atoms with van der Waals surface area (Å²) in [5.41, 5.74) is 7.11. The average molecular weight is 333 g/mol. The Morgan fingerprint density at radius 1 is 0.708 bits per heavy atom. The standard InChI is InChI=1S/C22H40N2/c1-2-3-4-5-6-7-8-9-10-14-19-24(20-15-18-23)21-22-16-12-11-13-17-22/h11-13,16-17H,2-10,14-15,18-21,23H2,1H3. The lowest BCUT2D eigenvalue weighted by molar-refractivity contribution is 0.257. The van der Waals surface area contributed by atoms with E-state index in [1.807, 2.05) is 0 Å². The maximum absolute atomic E-state index is 5.70. The Balaban J connectivity index is 2.07. The van der Waals surface area contributed by atoms with Crippen LogP contribution in [-0.2, 0) is 6.54 Å². The molecule has 0 radical (unpaired) electrons. The summed E-state index contributed by atoms with van der Waals surface area (Å²) in [6.45, 7) is 6.49. The van der Waals surface area contributed by atoms with Crippen molar-refractivity contribution in [2.75, 3.05) is 19.6 Å². The molecule has 1 rings (SSSR count). The van der Waals surface area contributed by atoms with Crippen LogP contribution in [0.4, 0.5) is 0 Å². The number of rotatable bonds is 16. The fraction of sp³-hybridized carbons (Fsp3) is 0.727. The van der Waals surface area contributed by atoms with Crippen LogP contribution in [0, 0.1) is 0 Å². The van der Waals surface area contributed by atoms with Gasteiger partial charge in [0.25, 0.3) is 0 Å². The number of benzene rings is 1. The Bertz CT molecular complexity index is 363. The van der Waals surface area contributed by atoms with Crippen LogP contribution in [0.3, 0.4) is 0 Å². The minimum Gasteiger partial charge on any atom is -0.330 e. The minimum atomic E-state index is 0.795. The van der Waals surface area contributed by atoms with Crippen LogP contribution in [0.2, 0.25) is 0 Å². The van der Waals surface area contributed by atoms with Crippen molar-refractivity contribution in [3.05, 3.63) is 35.9 Å². The molecule has 0 amide bonds. The molecule has 0 spiro atoms. The molecule has 2 heteroatoms. The summed E-state index contributed by atoms with van der Waals surface area (Å²) >= 11 is 0. The highest BCUT2D eigenvalue weighted by Gasteiger charge is 2.05. The fourth-order valence-corrected chi connectivity index (χ4v) is 3.25.